The standard InChI is InChI=1S/C16H9F5N2O5S/c17-15(18)4-10-11(28-9-3-8(5-22)6-23(25)7-9)1-2-12(13(10)14(15)24)29(26,27)16(19,20)21/h1-3,6-7,14,24H,4H2/t14-/m0/s1. The Kier molecular flexibility index (Phi) is 4.67. The number of nitriles is 1. The number of benzene rings is 1. The summed E-state index contributed by atoms with van der Waals surface area (Å²) in [5.41, 5.74) is -7.73. The van der Waals surface area contributed by atoms with E-state index in [1.165, 1.54) is 0 Å². The minimum atomic E-state index is -6.04. The summed E-state index contributed by atoms with van der Waals surface area (Å²) < 4.78 is 95.8. The number of fused-ring (bicyclic) bond motifs is 1. The van der Waals surface area contributed by atoms with Crippen molar-refractivity contribution in [3.8, 4) is 17.6 Å². The second kappa shape index (κ2) is 6.53. The smallest absolute Gasteiger partial charge is 0.501 e. The van der Waals surface area contributed by atoms with Gasteiger partial charge in [-0.05, 0) is 12.1 Å². The van der Waals surface area contributed by atoms with Gasteiger partial charge in [-0.15, -0.1) is 0 Å². The highest BCUT2D eigenvalue weighted by molar-refractivity contribution is 7.92. The Balaban J connectivity index is 2.19. The van der Waals surface area contributed by atoms with Gasteiger partial charge in [-0.3, -0.25) is 0 Å². The number of nitrogens with zero attached hydrogens (tertiary/aromatic N) is 2. The van der Waals surface area contributed by atoms with Gasteiger partial charge < -0.3 is 15.1 Å². The summed E-state index contributed by atoms with van der Waals surface area (Å²) in [6.07, 6.45) is -2.41. The van der Waals surface area contributed by atoms with Crippen LogP contribution >= 0.6 is 0 Å². The van der Waals surface area contributed by atoms with Crippen LogP contribution in [0.5, 0.6) is 11.5 Å². The average molecular weight is 436 g/mol. The van der Waals surface area contributed by atoms with E-state index in [9.17, 15) is 40.7 Å². The number of hydrogen-bond donors (Lipinski definition) is 1. The molecule has 1 aromatic heterocycles. The molecule has 7 nitrogen and oxygen atoms in total. The van der Waals surface area contributed by atoms with Gasteiger partial charge in [-0.2, -0.15) is 23.2 Å². The zero-order valence-electron chi connectivity index (χ0n) is 13.9. The van der Waals surface area contributed by atoms with Gasteiger partial charge in [0.25, 0.3) is 15.8 Å². The van der Waals surface area contributed by atoms with E-state index in [1.54, 1.807) is 6.07 Å². The van der Waals surface area contributed by atoms with Gasteiger partial charge in [0, 0.05) is 23.6 Å². The second-order valence-electron chi connectivity index (χ2n) is 6.08. The number of ether oxygens (including phenoxy) is 1. The van der Waals surface area contributed by atoms with Gasteiger partial charge in [0.1, 0.15) is 23.5 Å². The van der Waals surface area contributed by atoms with Crippen molar-refractivity contribution in [2.24, 2.45) is 0 Å². The number of aliphatic hydroxyl groups excluding tert-OH is 1. The Labute approximate surface area is 159 Å². The van der Waals surface area contributed by atoms with Gasteiger partial charge in [0.05, 0.1) is 4.90 Å². The monoisotopic (exact) mass is 436 g/mol. The van der Waals surface area contributed by atoms with Crippen LogP contribution in [0.3, 0.4) is 0 Å². The molecule has 154 valence electrons. The quantitative estimate of drug-likeness (QED) is 0.449. The largest absolute Gasteiger partial charge is 0.619 e. The summed E-state index contributed by atoms with van der Waals surface area (Å²) in [6.45, 7) is 0. The average Bonchev–Trinajstić information content (AvgIpc) is 2.84. The zero-order valence-corrected chi connectivity index (χ0v) is 14.8. The Morgan fingerprint density at radius 2 is 1.97 bits per heavy atom. The lowest BCUT2D eigenvalue weighted by molar-refractivity contribution is -0.605. The Bertz CT molecular complexity index is 1140. The summed E-state index contributed by atoms with van der Waals surface area (Å²) >= 11 is 0. The van der Waals surface area contributed by atoms with Crippen LogP contribution in [-0.4, -0.2) is 25.0 Å². The fraction of sp³-hybridized carbons (Fsp3) is 0.250. The molecule has 1 N–H and O–H groups in total. The fourth-order valence-corrected chi connectivity index (χ4v) is 3.90. The first-order valence-corrected chi connectivity index (χ1v) is 9.11. The predicted molar refractivity (Wildman–Crippen MR) is 83.5 cm³/mol. The zero-order chi connectivity index (χ0) is 21.8. The molecule has 2 aromatic rings. The van der Waals surface area contributed by atoms with Crippen molar-refractivity contribution >= 4 is 9.84 Å². The van der Waals surface area contributed by atoms with Crippen LogP contribution in [0.1, 0.15) is 22.8 Å². The molecule has 0 spiro atoms. The minimum Gasteiger partial charge on any atom is -0.619 e. The maximum atomic E-state index is 14.0. The number of aliphatic hydroxyl groups is 1. The SMILES string of the molecule is N#Cc1cc(Oc2ccc(S(=O)(=O)C(F)(F)F)c3c2CC(F)(F)[C@H]3O)c[n+]([O-])c1. The van der Waals surface area contributed by atoms with Crippen molar-refractivity contribution in [3.05, 3.63) is 52.5 Å². The van der Waals surface area contributed by atoms with Crippen molar-refractivity contribution in [2.75, 3.05) is 0 Å². The number of hydrogen-bond acceptors (Lipinski definition) is 6. The van der Waals surface area contributed by atoms with Crippen LogP contribution in [0.25, 0.3) is 0 Å². The van der Waals surface area contributed by atoms with Gasteiger partial charge in [0.15, 0.2) is 11.9 Å². The first kappa shape index (κ1) is 20.7. The summed E-state index contributed by atoms with van der Waals surface area (Å²) in [6, 6.07) is 3.81. The number of halogens is 5. The van der Waals surface area contributed by atoms with E-state index in [0.717, 1.165) is 18.5 Å². The molecule has 29 heavy (non-hydrogen) atoms. The highest BCUT2D eigenvalue weighted by Crippen LogP contribution is 2.51. The second-order valence-corrected chi connectivity index (χ2v) is 7.99. The predicted octanol–water partition coefficient (Wildman–Crippen LogP) is 2.50. The third-order valence-electron chi connectivity index (χ3n) is 4.13. The third kappa shape index (κ3) is 3.45. The van der Waals surface area contributed by atoms with Crippen molar-refractivity contribution in [3.63, 3.8) is 0 Å². The summed E-state index contributed by atoms with van der Waals surface area (Å²) in [4.78, 5) is -1.51. The molecule has 0 bridgehead atoms. The van der Waals surface area contributed by atoms with Crippen molar-refractivity contribution in [2.45, 2.75) is 28.9 Å². The highest BCUT2D eigenvalue weighted by Gasteiger charge is 2.55. The van der Waals surface area contributed by atoms with Gasteiger partial charge >= 0.3 is 5.51 Å². The molecule has 0 unspecified atom stereocenters. The van der Waals surface area contributed by atoms with Crippen molar-refractivity contribution in [1.82, 2.24) is 0 Å². The molecular formula is C16H9F5N2O5S. The Morgan fingerprint density at radius 1 is 1.31 bits per heavy atom. The normalized spacial score (nSPS) is 18.2. The van der Waals surface area contributed by atoms with Crippen LogP contribution in [0.4, 0.5) is 22.0 Å². The maximum Gasteiger partial charge on any atom is 0.501 e. The van der Waals surface area contributed by atoms with E-state index in [0.29, 0.717) is 12.1 Å². The van der Waals surface area contributed by atoms with Crippen molar-refractivity contribution < 1.29 is 44.9 Å². The molecule has 0 amide bonds. The van der Waals surface area contributed by atoms with Crippen LogP contribution in [0.15, 0.2) is 35.5 Å². The molecule has 13 heteroatoms. The lowest BCUT2D eigenvalue weighted by atomic mass is 10.1. The Hall–Kier alpha value is -2.98. The van der Waals surface area contributed by atoms with Gasteiger partial charge in [-0.1, -0.05) is 0 Å². The van der Waals surface area contributed by atoms with E-state index in [2.05, 4.69) is 0 Å². The molecule has 0 aliphatic heterocycles. The van der Waals surface area contributed by atoms with E-state index < -0.39 is 55.6 Å². The number of rotatable bonds is 3. The lowest BCUT2D eigenvalue weighted by Crippen LogP contribution is -2.26. The number of pyridine rings is 1. The van der Waals surface area contributed by atoms with Crippen molar-refractivity contribution in [1.29, 1.82) is 5.26 Å². The molecule has 3 rings (SSSR count). The summed E-state index contributed by atoms with van der Waals surface area (Å²) in [7, 11) is -6.04. The van der Waals surface area contributed by atoms with Gasteiger partial charge in [0.2, 0.25) is 6.20 Å². The van der Waals surface area contributed by atoms with Crippen LogP contribution in [-0.2, 0) is 16.3 Å². The first-order valence-electron chi connectivity index (χ1n) is 7.63. The number of alkyl halides is 5. The van der Waals surface area contributed by atoms with E-state index in [1.807, 2.05) is 0 Å². The third-order valence-corrected chi connectivity index (χ3v) is 5.67. The topological polar surface area (TPSA) is 114 Å². The molecule has 1 aliphatic carbocycles. The Morgan fingerprint density at radius 3 is 2.55 bits per heavy atom. The molecule has 0 saturated carbocycles. The fourth-order valence-electron chi connectivity index (χ4n) is 2.87. The van der Waals surface area contributed by atoms with E-state index in [-0.39, 0.29) is 16.0 Å². The number of sulfone groups is 1. The summed E-state index contributed by atoms with van der Waals surface area (Å²) in [5.74, 6) is -4.75. The molecule has 0 saturated heterocycles. The number of aromatic nitrogens is 1. The molecular weight excluding hydrogens is 427 g/mol. The molecule has 0 radical (unpaired) electrons. The van der Waals surface area contributed by atoms with E-state index >= 15 is 0 Å². The lowest BCUT2D eigenvalue weighted by Gasteiger charge is -2.17. The van der Waals surface area contributed by atoms with Gasteiger partial charge in [-0.25, -0.2) is 17.2 Å². The van der Waals surface area contributed by atoms with E-state index in [4.69, 9.17) is 10.00 Å². The van der Waals surface area contributed by atoms with Crippen LogP contribution < -0.4 is 9.47 Å². The first-order chi connectivity index (χ1) is 13.3. The molecule has 1 aliphatic rings. The molecule has 0 fully saturated rings. The molecule has 1 heterocycles. The maximum absolute atomic E-state index is 14.0. The van der Waals surface area contributed by atoms with Crippen LogP contribution in [0, 0.1) is 16.5 Å². The minimum absolute atomic E-state index is 0.157. The summed E-state index contributed by atoms with van der Waals surface area (Å²) in [5, 5.41) is 30.1. The molecule has 1 atom stereocenters. The highest BCUT2D eigenvalue weighted by atomic mass is 32.2. The molecule has 1 aromatic carbocycles. The van der Waals surface area contributed by atoms with Crippen LogP contribution in [0.2, 0.25) is 0 Å².